The van der Waals surface area contributed by atoms with E-state index in [4.69, 9.17) is 15.2 Å². The number of aromatic nitrogens is 2. The maximum Gasteiger partial charge on any atom is 0.351 e. The van der Waals surface area contributed by atoms with Crippen LogP contribution in [-0.2, 0) is 9.47 Å². The Bertz CT molecular complexity index is 598. The fraction of sp³-hybridized carbons (Fsp3) is 0.692. The molecule has 0 unspecified atom stereocenters. The Morgan fingerprint density at radius 1 is 1.61 bits per heavy atom. The lowest BCUT2D eigenvalue weighted by atomic mass is 10.1. The lowest BCUT2D eigenvalue weighted by Gasteiger charge is -2.22. The Morgan fingerprint density at radius 3 is 2.91 bits per heavy atom. The van der Waals surface area contributed by atoms with Gasteiger partial charge in [0, 0.05) is 26.4 Å². The lowest BCUT2D eigenvalue weighted by molar-refractivity contribution is -0.140. The second-order valence-corrected chi connectivity index (χ2v) is 5.44. The van der Waals surface area contributed by atoms with Gasteiger partial charge in [0.25, 0.3) is 0 Å². The van der Waals surface area contributed by atoms with E-state index in [0.717, 1.165) is 6.20 Å². The molecule has 1 saturated heterocycles. The van der Waals surface area contributed by atoms with Gasteiger partial charge in [0.1, 0.15) is 18.0 Å². The highest BCUT2D eigenvalue weighted by Gasteiger charge is 2.59. The topological polar surface area (TPSA) is 103 Å². The van der Waals surface area contributed by atoms with Gasteiger partial charge in [-0.05, 0) is 13.1 Å². The molecule has 23 heavy (non-hydrogen) atoms. The molecular formula is C13H20F2N4O4. The van der Waals surface area contributed by atoms with Crippen molar-refractivity contribution in [3.8, 4) is 0 Å². The molecule has 1 fully saturated rings. The zero-order valence-corrected chi connectivity index (χ0v) is 12.9. The van der Waals surface area contributed by atoms with Crippen molar-refractivity contribution in [3.63, 3.8) is 0 Å². The highest BCUT2D eigenvalue weighted by Crippen LogP contribution is 2.42. The van der Waals surface area contributed by atoms with Gasteiger partial charge in [0.05, 0.1) is 6.61 Å². The number of hydrogen-bond donors (Lipinski definition) is 2. The SMILES string of the molecule is COCCN(C)C[C@H]1O[C@@H](n2ccc(N)nc2=O)C(F)(F)[C@@H]1O. The molecule has 0 radical (unpaired) electrons. The summed E-state index contributed by atoms with van der Waals surface area (Å²) in [6.45, 7) is 0.969. The van der Waals surface area contributed by atoms with Gasteiger partial charge in [-0.15, -0.1) is 0 Å². The van der Waals surface area contributed by atoms with E-state index in [1.165, 1.54) is 13.2 Å². The standard InChI is InChI=1S/C13H20F2N4O4/c1-18(5-6-22-2)7-8-10(20)13(14,15)11(23-8)19-4-3-9(16)17-12(19)21/h3-4,8,10-11,20H,5-7H2,1-2H3,(H2,16,17,21)/t8-,10-,11-/m1/s1. The van der Waals surface area contributed by atoms with Crippen LogP contribution in [0.25, 0.3) is 0 Å². The van der Waals surface area contributed by atoms with Gasteiger partial charge in [0.2, 0.25) is 6.23 Å². The Morgan fingerprint density at radius 2 is 2.30 bits per heavy atom. The van der Waals surface area contributed by atoms with Gasteiger partial charge in [0.15, 0.2) is 0 Å². The first kappa shape index (κ1) is 17.7. The average molecular weight is 334 g/mol. The molecule has 1 aromatic rings. The molecule has 130 valence electrons. The van der Waals surface area contributed by atoms with E-state index >= 15 is 0 Å². The molecule has 0 aliphatic carbocycles. The number of nitrogens with two attached hydrogens (primary N) is 1. The fourth-order valence-corrected chi connectivity index (χ4v) is 2.37. The van der Waals surface area contributed by atoms with Crippen molar-refractivity contribution in [3.05, 3.63) is 22.7 Å². The van der Waals surface area contributed by atoms with Crippen LogP contribution in [0.3, 0.4) is 0 Å². The van der Waals surface area contributed by atoms with Crippen LogP contribution in [0, 0.1) is 0 Å². The van der Waals surface area contributed by atoms with E-state index in [9.17, 15) is 18.7 Å². The van der Waals surface area contributed by atoms with Crippen molar-refractivity contribution in [2.24, 2.45) is 0 Å². The Balaban J connectivity index is 2.18. The number of anilines is 1. The molecule has 0 amide bonds. The summed E-state index contributed by atoms with van der Waals surface area (Å²) in [5.41, 5.74) is 4.38. The first-order chi connectivity index (χ1) is 10.8. The fourth-order valence-electron chi connectivity index (χ4n) is 2.37. The molecular weight excluding hydrogens is 314 g/mol. The average Bonchev–Trinajstić information content (AvgIpc) is 2.69. The van der Waals surface area contributed by atoms with E-state index in [1.54, 1.807) is 11.9 Å². The van der Waals surface area contributed by atoms with Gasteiger partial charge < -0.3 is 25.2 Å². The number of ether oxygens (including phenoxy) is 2. The third kappa shape index (κ3) is 3.66. The normalized spacial score (nSPS) is 26.8. The van der Waals surface area contributed by atoms with Crippen LogP contribution in [0.15, 0.2) is 17.1 Å². The maximum atomic E-state index is 14.3. The number of halogens is 2. The number of likely N-dealkylation sites (N-methyl/N-ethyl adjacent to an activating group) is 1. The van der Waals surface area contributed by atoms with E-state index in [-0.39, 0.29) is 12.4 Å². The van der Waals surface area contributed by atoms with E-state index < -0.39 is 30.0 Å². The second kappa shape index (κ2) is 6.87. The number of aliphatic hydroxyl groups is 1. The first-order valence-corrected chi connectivity index (χ1v) is 7.01. The van der Waals surface area contributed by atoms with Crippen molar-refractivity contribution in [2.45, 2.75) is 24.4 Å². The molecule has 2 rings (SSSR count). The molecule has 0 spiro atoms. The Labute approximate surface area is 131 Å². The molecule has 3 atom stereocenters. The summed E-state index contributed by atoms with van der Waals surface area (Å²) < 4.78 is 39.4. The molecule has 0 bridgehead atoms. The number of rotatable bonds is 6. The Kier molecular flexibility index (Phi) is 5.30. The molecule has 3 N–H and O–H groups in total. The summed E-state index contributed by atoms with van der Waals surface area (Å²) in [6, 6.07) is 1.21. The van der Waals surface area contributed by atoms with Crippen LogP contribution in [0.2, 0.25) is 0 Å². The number of alkyl halides is 2. The summed E-state index contributed by atoms with van der Waals surface area (Å²) in [5, 5.41) is 9.87. The van der Waals surface area contributed by atoms with Crippen molar-refractivity contribution < 1.29 is 23.4 Å². The van der Waals surface area contributed by atoms with Crippen molar-refractivity contribution in [1.82, 2.24) is 14.5 Å². The minimum atomic E-state index is -3.63. The molecule has 2 heterocycles. The quantitative estimate of drug-likeness (QED) is 0.709. The maximum absolute atomic E-state index is 14.3. The smallest absolute Gasteiger partial charge is 0.351 e. The number of nitrogen functional groups attached to an aromatic ring is 1. The van der Waals surface area contributed by atoms with Crippen LogP contribution < -0.4 is 11.4 Å². The summed E-state index contributed by atoms with van der Waals surface area (Å²) in [4.78, 5) is 16.8. The third-order valence-corrected chi connectivity index (χ3v) is 3.65. The van der Waals surface area contributed by atoms with Crippen LogP contribution in [0.5, 0.6) is 0 Å². The largest absolute Gasteiger partial charge is 0.384 e. The highest BCUT2D eigenvalue weighted by atomic mass is 19.3. The number of methoxy groups -OCH3 is 1. The van der Waals surface area contributed by atoms with Gasteiger partial charge in [-0.25, -0.2) is 4.79 Å². The van der Waals surface area contributed by atoms with E-state index in [1.807, 2.05) is 0 Å². The van der Waals surface area contributed by atoms with E-state index in [0.29, 0.717) is 17.7 Å². The molecule has 0 saturated carbocycles. The lowest BCUT2D eigenvalue weighted by Crippen LogP contribution is -2.43. The number of hydrogen-bond acceptors (Lipinski definition) is 7. The van der Waals surface area contributed by atoms with Crippen LogP contribution >= 0.6 is 0 Å². The third-order valence-electron chi connectivity index (χ3n) is 3.65. The molecule has 1 aliphatic rings. The summed E-state index contributed by atoms with van der Waals surface area (Å²) in [5.74, 6) is -3.71. The summed E-state index contributed by atoms with van der Waals surface area (Å²) >= 11 is 0. The van der Waals surface area contributed by atoms with Gasteiger partial charge in [-0.2, -0.15) is 13.8 Å². The minimum absolute atomic E-state index is 0.0633. The molecule has 8 nitrogen and oxygen atoms in total. The second-order valence-electron chi connectivity index (χ2n) is 5.44. The number of nitrogens with zero attached hydrogens (tertiary/aromatic N) is 3. The minimum Gasteiger partial charge on any atom is -0.384 e. The van der Waals surface area contributed by atoms with Gasteiger partial charge in [-0.1, -0.05) is 0 Å². The van der Waals surface area contributed by atoms with Crippen LogP contribution in [0.4, 0.5) is 14.6 Å². The molecule has 0 aromatic carbocycles. The van der Waals surface area contributed by atoms with Crippen molar-refractivity contribution in [1.29, 1.82) is 0 Å². The number of aliphatic hydroxyl groups excluding tert-OH is 1. The Hall–Kier alpha value is -1.62. The van der Waals surface area contributed by atoms with Crippen LogP contribution in [0.1, 0.15) is 6.23 Å². The predicted molar refractivity (Wildman–Crippen MR) is 77.1 cm³/mol. The predicted octanol–water partition coefficient (Wildman–Crippen LogP) is -0.703. The van der Waals surface area contributed by atoms with Crippen molar-refractivity contribution in [2.75, 3.05) is 39.6 Å². The molecule has 1 aliphatic heterocycles. The van der Waals surface area contributed by atoms with Gasteiger partial charge in [-0.3, -0.25) is 4.57 Å². The van der Waals surface area contributed by atoms with Gasteiger partial charge >= 0.3 is 11.6 Å². The van der Waals surface area contributed by atoms with E-state index in [2.05, 4.69) is 4.98 Å². The molecule has 10 heteroatoms. The monoisotopic (exact) mass is 334 g/mol. The summed E-state index contributed by atoms with van der Waals surface area (Å²) in [7, 11) is 3.22. The zero-order chi connectivity index (χ0) is 17.2. The van der Waals surface area contributed by atoms with Crippen LogP contribution in [-0.4, -0.2) is 71.5 Å². The first-order valence-electron chi connectivity index (χ1n) is 7.01. The zero-order valence-electron chi connectivity index (χ0n) is 12.9. The van der Waals surface area contributed by atoms with Crippen molar-refractivity contribution >= 4 is 5.82 Å². The summed E-state index contributed by atoms with van der Waals surface area (Å²) in [6.07, 6.45) is -4.05. The molecule has 1 aromatic heterocycles. The highest BCUT2D eigenvalue weighted by molar-refractivity contribution is 5.23.